The molecule has 0 unspecified atom stereocenters. The fourth-order valence-corrected chi connectivity index (χ4v) is 2.65. The van der Waals surface area contributed by atoms with Gasteiger partial charge in [0, 0.05) is 15.9 Å². The van der Waals surface area contributed by atoms with E-state index in [1.54, 1.807) is 18.9 Å². The molecule has 0 radical (unpaired) electrons. The van der Waals surface area contributed by atoms with E-state index in [0.29, 0.717) is 0 Å². The van der Waals surface area contributed by atoms with E-state index in [2.05, 4.69) is 6.07 Å². The number of carbonyl (C=O) groups is 1. The largest absolute Gasteiger partial charge is 0.496 e. The Morgan fingerprint density at radius 1 is 1.53 bits per heavy atom. The first kappa shape index (κ1) is 12.3. The number of hydrogen-bond acceptors (Lipinski definition) is 3. The Bertz CT molecular complexity index is 438. The summed E-state index contributed by atoms with van der Waals surface area (Å²) in [5, 5.41) is 8.99. The highest BCUT2D eigenvalue weighted by Crippen LogP contribution is 2.54. The molecule has 3 nitrogen and oxygen atoms in total. The summed E-state index contributed by atoms with van der Waals surface area (Å²) in [6.07, 6.45) is 4.09. The molecule has 0 heterocycles. The van der Waals surface area contributed by atoms with Crippen molar-refractivity contribution in [3.8, 4) is 5.75 Å². The van der Waals surface area contributed by atoms with Crippen LogP contribution in [-0.4, -0.2) is 24.4 Å². The zero-order valence-corrected chi connectivity index (χ0v) is 10.8. The van der Waals surface area contributed by atoms with Gasteiger partial charge >= 0.3 is 5.97 Å². The summed E-state index contributed by atoms with van der Waals surface area (Å²) in [7, 11) is 1.63. The molecule has 92 valence electrons. The van der Waals surface area contributed by atoms with E-state index in [-0.39, 0.29) is 11.8 Å². The van der Waals surface area contributed by atoms with E-state index in [1.807, 2.05) is 18.4 Å². The summed E-state index contributed by atoms with van der Waals surface area (Å²) in [6.45, 7) is 0. The number of methoxy groups -OCH3 is 1. The molecule has 0 spiro atoms. The monoisotopic (exact) mass is 252 g/mol. The van der Waals surface area contributed by atoms with Gasteiger partial charge in [-0.3, -0.25) is 4.79 Å². The third-order valence-corrected chi connectivity index (χ3v) is 4.05. The molecule has 0 bridgehead atoms. The fourth-order valence-electron chi connectivity index (χ4n) is 2.21. The van der Waals surface area contributed by atoms with E-state index in [9.17, 15) is 4.79 Å². The highest BCUT2D eigenvalue weighted by atomic mass is 32.2. The number of benzene rings is 1. The van der Waals surface area contributed by atoms with Crippen LogP contribution in [-0.2, 0) is 10.2 Å². The minimum Gasteiger partial charge on any atom is -0.496 e. The maximum atomic E-state index is 10.9. The number of aliphatic carboxylic acids is 1. The lowest BCUT2D eigenvalue weighted by atomic mass is 9.91. The van der Waals surface area contributed by atoms with Crippen molar-refractivity contribution in [1.82, 2.24) is 0 Å². The first-order chi connectivity index (χ1) is 8.11. The second-order valence-corrected chi connectivity index (χ2v) is 5.30. The molecule has 0 aliphatic heterocycles. The Morgan fingerprint density at radius 3 is 2.71 bits per heavy atom. The van der Waals surface area contributed by atoms with Gasteiger partial charge in [-0.05, 0) is 37.3 Å². The Balaban J connectivity index is 2.39. The fraction of sp³-hybridized carbons (Fsp3) is 0.462. The maximum absolute atomic E-state index is 10.9. The summed E-state index contributed by atoms with van der Waals surface area (Å²) < 4.78 is 5.35. The van der Waals surface area contributed by atoms with Crippen LogP contribution in [0.1, 0.15) is 24.8 Å². The van der Waals surface area contributed by atoms with Gasteiger partial charge in [-0.2, -0.15) is 0 Å². The van der Waals surface area contributed by atoms with E-state index in [4.69, 9.17) is 9.84 Å². The van der Waals surface area contributed by atoms with Crippen molar-refractivity contribution < 1.29 is 14.6 Å². The average molecular weight is 252 g/mol. The van der Waals surface area contributed by atoms with Crippen LogP contribution in [0.2, 0.25) is 0 Å². The van der Waals surface area contributed by atoms with Crippen LogP contribution in [0.25, 0.3) is 0 Å². The third kappa shape index (κ3) is 2.41. The average Bonchev–Trinajstić information content (AvgIpc) is 3.08. The third-order valence-electron chi connectivity index (χ3n) is 3.32. The molecule has 1 aromatic rings. The number of hydrogen-bond donors (Lipinski definition) is 1. The van der Waals surface area contributed by atoms with Crippen molar-refractivity contribution in [1.29, 1.82) is 0 Å². The number of ether oxygens (including phenoxy) is 1. The molecule has 0 amide bonds. The van der Waals surface area contributed by atoms with Crippen LogP contribution in [0, 0.1) is 0 Å². The highest BCUT2D eigenvalue weighted by Gasteiger charge is 2.47. The van der Waals surface area contributed by atoms with Gasteiger partial charge in [-0.25, -0.2) is 0 Å². The molecule has 4 heteroatoms. The zero-order valence-electron chi connectivity index (χ0n) is 10.0. The lowest BCUT2D eigenvalue weighted by Gasteiger charge is -2.17. The number of thioether (sulfide) groups is 1. The van der Waals surface area contributed by atoms with Crippen LogP contribution in [0.4, 0.5) is 0 Å². The number of carboxylic acids is 1. The lowest BCUT2D eigenvalue weighted by molar-refractivity contribution is -0.137. The second-order valence-electron chi connectivity index (χ2n) is 4.42. The lowest BCUT2D eigenvalue weighted by Crippen LogP contribution is -2.14. The van der Waals surface area contributed by atoms with Gasteiger partial charge in [-0.15, -0.1) is 11.8 Å². The minimum absolute atomic E-state index is 0.192. The second kappa shape index (κ2) is 4.61. The summed E-state index contributed by atoms with van der Waals surface area (Å²) in [6, 6.07) is 6.01. The number of carboxylic acid groups (broad SMARTS) is 1. The van der Waals surface area contributed by atoms with Gasteiger partial charge in [0.15, 0.2) is 0 Å². The normalized spacial score (nSPS) is 16.6. The standard InChI is InChI=1S/C13H16O3S/c1-16-11-4-3-9(17-2)7-10(11)13(5-6-13)8-12(14)15/h3-4,7H,5-6,8H2,1-2H3,(H,14,15). The molecule has 1 aromatic carbocycles. The predicted octanol–water partition coefficient (Wildman–Crippen LogP) is 2.92. The number of rotatable bonds is 5. The van der Waals surface area contributed by atoms with Crippen LogP contribution >= 0.6 is 11.8 Å². The first-order valence-electron chi connectivity index (χ1n) is 5.55. The summed E-state index contributed by atoms with van der Waals surface area (Å²) >= 11 is 1.66. The molecular formula is C13H16O3S. The van der Waals surface area contributed by atoms with Crippen molar-refractivity contribution in [2.45, 2.75) is 29.6 Å². The van der Waals surface area contributed by atoms with Crippen LogP contribution in [0.3, 0.4) is 0 Å². The molecule has 0 saturated heterocycles. The van der Waals surface area contributed by atoms with E-state index >= 15 is 0 Å². The van der Waals surface area contributed by atoms with Gasteiger partial charge in [0.2, 0.25) is 0 Å². The zero-order chi connectivity index (χ0) is 12.5. The summed E-state index contributed by atoms with van der Waals surface area (Å²) in [4.78, 5) is 12.1. The topological polar surface area (TPSA) is 46.5 Å². The van der Waals surface area contributed by atoms with Gasteiger partial charge in [-0.1, -0.05) is 0 Å². The van der Waals surface area contributed by atoms with Gasteiger partial charge in [0.1, 0.15) is 5.75 Å². The molecule has 0 aromatic heterocycles. The first-order valence-corrected chi connectivity index (χ1v) is 6.78. The summed E-state index contributed by atoms with van der Waals surface area (Å²) in [5.74, 6) is 0.0701. The minimum atomic E-state index is -0.737. The Hall–Kier alpha value is -1.16. The van der Waals surface area contributed by atoms with E-state index in [1.165, 1.54) is 0 Å². The Kier molecular flexibility index (Phi) is 3.33. The van der Waals surface area contributed by atoms with Crippen LogP contribution in [0.15, 0.2) is 23.1 Å². The molecule has 1 aliphatic rings. The van der Waals surface area contributed by atoms with E-state index < -0.39 is 5.97 Å². The van der Waals surface area contributed by atoms with Gasteiger partial charge in [0.05, 0.1) is 13.5 Å². The molecule has 17 heavy (non-hydrogen) atoms. The smallest absolute Gasteiger partial charge is 0.304 e. The maximum Gasteiger partial charge on any atom is 0.304 e. The van der Waals surface area contributed by atoms with Crippen molar-refractivity contribution in [3.05, 3.63) is 23.8 Å². The van der Waals surface area contributed by atoms with Gasteiger partial charge < -0.3 is 9.84 Å². The van der Waals surface area contributed by atoms with Crippen molar-refractivity contribution >= 4 is 17.7 Å². The molecule has 1 saturated carbocycles. The Labute approximate surface area is 105 Å². The SMILES string of the molecule is COc1ccc(SC)cc1C1(CC(=O)O)CC1. The molecule has 1 fully saturated rings. The van der Waals surface area contributed by atoms with Crippen molar-refractivity contribution in [3.63, 3.8) is 0 Å². The Morgan fingerprint density at radius 2 is 2.24 bits per heavy atom. The molecule has 0 atom stereocenters. The predicted molar refractivity (Wildman–Crippen MR) is 67.9 cm³/mol. The van der Waals surface area contributed by atoms with Crippen LogP contribution < -0.4 is 4.74 Å². The van der Waals surface area contributed by atoms with E-state index in [0.717, 1.165) is 29.1 Å². The quantitative estimate of drug-likeness (QED) is 0.818. The summed E-state index contributed by atoms with van der Waals surface area (Å²) in [5.41, 5.74) is 0.859. The molecule has 1 N–H and O–H groups in total. The van der Waals surface area contributed by atoms with Crippen molar-refractivity contribution in [2.75, 3.05) is 13.4 Å². The van der Waals surface area contributed by atoms with Crippen LogP contribution in [0.5, 0.6) is 5.75 Å². The molecule has 2 rings (SSSR count). The highest BCUT2D eigenvalue weighted by molar-refractivity contribution is 7.98. The van der Waals surface area contributed by atoms with Gasteiger partial charge in [0.25, 0.3) is 0 Å². The van der Waals surface area contributed by atoms with Crippen molar-refractivity contribution in [2.24, 2.45) is 0 Å². The molecular weight excluding hydrogens is 236 g/mol. The molecule has 1 aliphatic carbocycles.